The van der Waals surface area contributed by atoms with Crippen molar-refractivity contribution in [3.05, 3.63) is 29.6 Å². The van der Waals surface area contributed by atoms with E-state index in [2.05, 4.69) is 5.32 Å². The normalized spacial score (nSPS) is 24.9. The van der Waals surface area contributed by atoms with Crippen molar-refractivity contribution in [1.82, 2.24) is 5.32 Å². The molecule has 0 saturated carbocycles. The summed E-state index contributed by atoms with van der Waals surface area (Å²) < 4.78 is 19.5. The number of halogens is 1. The predicted octanol–water partition coefficient (Wildman–Crippen LogP) is 1.33. The molecule has 0 bridgehead atoms. The highest BCUT2D eigenvalue weighted by molar-refractivity contribution is 5.98. The molecule has 2 aliphatic heterocycles. The Balaban J connectivity index is 1.91. The van der Waals surface area contributed by atoms with Gasteiger partial charge in [0.2, 0.25) is 5.91 Å². The standard InChI is InChI=1S/C15H17FN2O3/c1-17-15(20)11-3-2-10(7-12(11)16)18-13-8-21-5-4-9(13)6-14(18)19/h2-3,7,9,13H,4-6,8H2,1H3,(H,17,20)/t9-,13+/m1/s1. The molecule has 0 aliphatic carbocycles. The Labute approximate surface area is 122 Å². The summed E-state index contributed by atoms with van der Waals surface area (Å²) in [6, 6.07) is 4.24. The van der Waals surface area contributed by atoms with E-state index in [1.807, 2.05) is 0 Å². The van der Waals surface area contributed by atoms with Gasteiger partial charge in [-0.05, 0) is 30.5 Å². The van der Waals surface area contributed by atoms with E-state index in [9.17, 15) is 14.0 Å². The quantitative estimate of drug-likeness (QED) is 0.894. The lowest BCUT2D eigenvalue weighted by atomic mass is 9.95. The van der Waals surface area contributed by atoms with Crippen molar-refractivity contribution < 1.29 is 18.7 Å². The van der Waals surface area contributed by atoms with Crippen molar-refractivity contribution >= 4 is 17.5 Å². The largest absolute Gasteiger partial charge is 0.379 e. The minimum absolute atomic E-state index is 0.0115. The molecule has 2 heterocycles. The SMILES string of the molecule is CNC(=O)c1ccc(N2C(=O)C[C@H]3CCOC[C@@H]32)cc1F. The molecule has 2 saturated heterocycles. The molecule has 1 N–H and O–H groups in total. The topological polar surface area (TPSA) is 58.6 Å². The maximum Gasteiger partial charge on any atom is 0.253 e. The first-order valence-corrected chi connectivity index (χ1v) is 7.03. The van der Waals surface area contributed by atoms with Gasteiger partial charge in [-0.1, -0.05) is 0 Å². The third kappa shape index (κ3) is 2.40. The fraction of sp³-hybridized carbons (Fsp3) is 0.467. The van der Waals surface area contributed by atoms with E-state index in [-0.39, 0.29) is 23.4 Å². The molecular weight excluding hydrogens is 275 g/mol. The van der Waals surface area contributed by atoms with E-state index >= 15 is 0 Å². The maximum atomic E-state index is 14.1. The molecule has 0 aromatic heterocycles. The number of hydrogen-bond acceptors (Lipinski definition) is 3. The van der Waals surface area contributed by atoms with Crippen LogP contribution in [0.1, 0.15) is 23.2 Å². The summed E-state index contributed by atoms with van der Waals surface area (Å²) in [7, 11) is 1.45. The smallest absolute Gasteiger partial charge is 0.253 e. The Morgan fingerprint density at radius 2 is 2.29 bits per heavy atom. The fourth-order valence-electron chi connectivity index (χ4n) is 3.11. The van der Waals surface area contributed by atoms with Crippen molar-refractivity contribution in [3.63, 3.8) is 0 Å². The first-order valence-electron chi connectivity index (χ1n) is 7.03. The van der Waals surface area contributed by atoms with Gasteiger partial charge in [0.1, 0.15) is 5.82 Å². The second-order valence-electron chi connectivity index (χ2n) is 5.40. The first kappa shape index (κ1) is 14.0. The third-order valence-electron chi connectivity index (χ3n) is 4.21. The lowest BCUT2D eigenvalue weighted by Gasteiger charge is -2.31. The van der Waals surface area contributed by atoms with Crippen molar-refractivity contribution in [2.24, 2.45) is 5.92 Å². The van der Waals surface area contributed by atoms with Gasteiger partial charge >= 0.3 is 0 Å². The molecule has 2 atom stereocenters. The van der Waals surface area contributed by atoms with Crippen LogP contribution in [0.25, 0.3) is 0 Å². The van der Waals surface area contributed by atoms with Crippen LogP contribution in [-0.2, 0) is 9.53 Å². The van der Waals surface area contributed by atoms with Gasteiger partial charge in [0.05, 0.1) is 18.2 Å². The highest BCUT2D eigenvalue weighted by Crippen LogP contribution is 2.35. The number of carbonyl (C=O) groups is 2. The van der Waals surface area contributed by atoms with E-state index in [4.69, 9.17) is 4.74 Å². The fourth-order valence-corrected chi connectivity index (χ4v) is 3.11. The third-order valence-corrected chi connectivity index (χ3v) is 4.21. The molecule has 1 aromatic carbocycles. The Morgan fingerprint density at radius 1 is 1.48 bits per heavy atom. The number of benzene rings is 1. The van der Waals surface area contributed by atoms with Gasteiger partial charge in [0.15, 0.2) is 0 Å². The minimum Gasteiger partial charge on any atom is -0.379 e. The summed E-state index contributed by atoms with van der Waals surface area (Å²) in [5.41, 5.74) is 0.465. The van der Waals surface area contributed by atoms with E-state index in [0.29, 0.717) is 25.3 Å². The zero-order chi connectivity index (χ0) is 15.0. The highest BCUT2D eigenvalue weighted by atomic mass is 19.1. The summed E-state index contributed by atoms with van der Waals surface area (Å²) in [5, 5.41) is 2.39. The minimum atomic E-state index is -0.625. The molecule has 0 unspecified atom stereocenters. The molecule has 21 heavy (non-hydrogen) atoms. The second kappa shape index (κ2) is 5.44. The van der Waals surface area contributed by atoms with Crippen LogP contribution in [0.4, 0.5) is 10.1 Å². The van der Waals surface area contributed by atoms with Gasteiger partial charge in [-0.15, -0.1) is 0 Å². The number of nitrogens with one attached hydrogen (secondary N) is 1. The van der Waals surface area contributed by atoms with Crippen LogP contribution in [0.5, 0.6) is 0 Å². The number of nitrogens with zero attached hydrogens (tertiary/aromatic N) is 1. The van der Waals surface area contributed by atoms with Crippen LogP contribution in [0.2, 0.25) is 0 Å². The molecule has 3 rings (SSSR count). The zero-order valence-electron chi connectivity index (χ0n) is 11.8. The first-order chi connectivity index (χ1) is 10.1. The van der Waals surface area contributed by atoms with Crippen LogP contribution < -0.4 is 10.2 Å². The van der Waals surface area contributed by atoms with Crippen LogP contribution in [-0.4, -0.2) is 38.1 Å². The van der Waals surface area contributed by atoms with Crippen LogP contribution in [0.3, 0.4) is 0 Å². The van der Waals surface area contributed by atoms with Crippen molar-refractivity contribution in [1.29, 1.82) is 0 Å². The molecule has 112 valence electrons. The molecule has 5 nitrogen and oxygen atoms in total. The number of hydrogen-bond donors (Lipinski definition) is 1. The molecule has 0 radical (unpaired) electrons. The number of rotatable bonds is 2. The Morgan fingerprint density at radius 3 is 3.00 bits per heavy atom. The molecule has 2 amide bonds. The molecule has 2 aliphatic rings. The highest BCUT2D eigenvalue weighted by Gasteiger charge is 2.42. The lowest BCUT2D eigenvalue weighted by molar-refractivity contribution is -0.117. The molecule has 1 aromatic rings. The van der Waals surface area contributed by atoms with Gasteiger partial charge in [-0.3, -0.25) is 9.59 Å². The van der Waals surface area contributed by atoms with E-state index in [1.165, 1.54) is 19.2 Å². The summed E-state index contributed by atoms with van der Waals surface area (Å²) in [5.74, 6) is -0.846. The molecule has 0 spiro atoms. The predicted molar refractivity (Wildman–Crippen MR) is 74.6 cm³/mol. The molecule has 6 heteroatoms. The number of ether oxygens (including phenoxy) is 1. The van der Waals surface area contributed by atoms with E-state index in [1.54, 1.807) is 11.0 Å². The number of amides is 2. The summed E-state index contributed by atoms with van der Waals surface area (Å²) in [6.45, 7) is 1.15. The van der Waals surface area contributed by atoms with Gasteiger partial charge in [-0.25, -0.2) is 4.39 Å². The van der Waals surface area contributed by atoms with Crippen LogP contribution >= 0.6 is 0 Å². The molecular formula is C15H17FN2O3. The average Bonchev–Trinajstić information content (AvgIpc) is 2.82. The van der Waals surface area contributed by atoms with Crippen molar-refractivity contribution in [2.45, 2.75) is 18.9 Å². The number of carbonyl (C=O) groups excluding carboxylic acids is 2. The number of fused-ring (bicyclic) bond motifs is 1. The second-order valence-corrected chi connectivity index (χ2v) is 5.40. The van der Waals surface area contributed by atoms with Crippen LogP contribution in [0.15, 0.2) is 18.2 Å². The van der Waals surface area contributed by atoms with E-state index in [0.717, 1.165) is 6.42 Å². The van der Waals surface area contributed by atoms with Gasteiger partial charge in [-0.2, -0.15) is 0 Å². The molecule has 2 fully saturated rings. The maximum absolute atomic E-state index is 14.1. The Kier molecular flexibility index (Phi) is 3.63. The van der Waals surface area contributed by atoms with Gasteiger partial charge in [0.25, 0.3) is 5.91 Å². The monoisotopic (exact) mass is 292 g/mol. The summed E-state index contributed by atoms with van der Waals surface area (Å²) >= 11 is 0. The van der Waals surface area contributed by atoms with E-state index < -0.39 is 11.7 Å². The summed E-state index contributed by atoms with van der Waals surface area (Å²) in [4.78, 5) is 25.3. The van der Waals surface area contributed by atoms with Crippen LogP contribution in [0, 0.1) is 11.7 Å². The van der Waals surface area contributed by atoms with Crippen molar-refractivity contribution in [3.8, 4) is 0 Å². The number of anilines is 1. The zero-order valence-corrected chi connectivity index (χ0v) is 11.8. The summed E-state index contributed by atoms with van der Waals surface area (Å²) in [6.07, 6.45) is 1.33. The average molecular weight is 292 g/mol. The van der Waals surface area contributed by atoms with Crippen molar-refractivity contribution in [2.75, 3.05) is 25.2 Å². The van der Waals surface area contributed by atoms with Gasteiger partial charge < -0.3 is 15.0 Å². The lowest BCUT2D eigenvalue weighted by Crippen LogP contribution is -2.41. The van der Waals surface area contributed by atoms with Gasteiger partial charge in [0, 0.05) is 25.8 Å². The Hall–Kier alpha value is -1.95. The Bertz CT molecular complexity index is 590.